The smallest absolute Gasteiger partial charge is 0.179 e. The molecule has 0 aromatic heterocycles. The normalized spacial score (nSPS) is 36.0. The van der Waals surface area contributed by atoms with E-state index in [1.54, 1.807) is 0 Å². The SMILES string of the molecule is CCN1CCN(C2CCC3(CC2)CCN(C#N)C3)C(CC#N)C1. The molecule has 3 fully saturated rings. The number of likely N-dealkylation sites (tertiary alicyclic amines) is 1. The highest BCUT2D eigenvalue weighted by atomic mass is 15.3. The lowest BCUT2D eigenvalue weighted by atomic mass is 9.71. The van der Waals surface area contributed by atoms with Gasteiger partial charge in [-0.05, 0) is 44.1 Å². The van der Waals surface area contributed by atoms with Gasteiger partial charge in [0, 0.05) is 44.8 Å². The van der Waals surface area contributed by atoms with E-state index < -0.39 is 0 Å². The van der Waals surface area contributed by atoms with Crippen molar-refractivity contribution in [3.8, 4) is 12.3 Å². The van der Waals surface area contributed by atoms with Gasteiger partial charge in [0.15, 0.2) is 6.19 Å². The zero-order valence-electron chi connectivity index (χ0n) is 14.4. The Bertz CT molecular complexity index is 483. The van der Waals surface area contributed by atoms with Crippen LogP contribution in [0.2, 0.25) is 0 Å². The van der Waals surface area contributed by atoms with Gasteiger partial charge in [0.25, 0.3) is 0 Å². The first-order valence-corrected chi connectivity index (χ1v) is 9.19. The predicted molar refractivity (Wildman–Crippen MR) is 89.3 cm³/mol. The van der Waals surface area contributed by atoms with Gasteiger partial charge < -0.3 is 9.80 Å². The maximum atomic E-state index is 9.19. The summed E-state index contributed by atoms with van der Waals surface area (Å²) in [5.74, 6) is 0. The van der Waals surface area contributed by atoms with Crippen LogP contribution in [-0.4, -0.2) is 66.1 Å². The van der Waals surface area contributed by atoms with E-state index in [9.17, 15) is 5.26 Å². The summed E-state index contributed by atoms with van der Waals surface area (Å²) in [4.78, 5) is 7.06. The topological polar surface area (TPSA) is 57.3 Å². The highest BCUT2D eigenvalue weighted by molar-refractivity contribution is 5.00. The molecule has 0 aromatic rings. The summed E-state index contributed by atoms with van der Waals surface area (Å²) in [6, 6.07) is 3.46. The van der Waals surface area contributed by atoms with Gasteiger partial charge >= 0.3 is 0 Å². The van der Waals surface area contributed by atoms with E-state index in [4.69, 9.17) is 5.26 Å². The average Bonchev–Trinajstić information content (AvgIpc) is 2.99. The molecule has 1 aliphatic carbocycles. The van der Waals surface area contributed by atoms with Gasteiger partial charge in [0.05, 0.1) is 12.5 Å². The molecule has 1 atom stereocenters. The van der Waals surface area contributed by atoms with Gasteiger partial charge in [0.1, 0.15) is 0 Å². The molecule has 2 saturated heterocycles. The first-order valence-electron chi connectivity index (χ1n) is 9.19. The molecule has 1 unspecified atom stereocenters. The molecule has 0 N–H and O–H groups in total. The number of likely N-dealkylation sites (N-methyl/N-ethyl adjacent to an activating group) is 1. The van der Waals surface area contributed by atoms with Crippen LogP contribution >= 0.6 is 0 Å². The Hall–Kier alpha value is -1.30. The molecule has 2 heterocycles. The van der Waals surface area contributed by atoms with Crippen molar-refractivity contribution in [1.82, 2.24) is 14.7 Å². The summed E-state index contributed by atoms with van der Waals surface area (Å²) in [6.07, 6.45) is 9.17. The van der Waals surface area contributed by atoms with Crippen molar-refractivity contribution >= 4 is 0 Å². The van der Waals surface area contributed by atoms with Crippen molar-refractivity contribution in [2.45, 2.75) is 57.5 Å². The number of nitriles is 2. The largest absolute Gasteiger partial charge is 0.310 e. The summed E-state index contributed by atoms with van der Waals surface area (Å²) >= 11 is 0. The monoisotopic (exact) mass is 315 g/mol. The van der Waals surface area contributed by atoms with Gasteiger partial charge in [-0.3, -0.25) is 4.90 Å². The van der Waals surface area contributed by atoms with Crippen LogP contribution in [0.15, 0.2) is 0 Å². The minimum Gasteiger partial charge on any atom is -0.310 e. The Kier molecular flexibility index (Phi) is 5.09. The van der Waals surface area contributed by atoms with Crippen molar-refractivity contribution in [2.24, 2.45) is 5.41 Å². The average molecular weight is 315 g/mol. The number of hydrogen-bond donors (Lipinski definition) is 0. The third-order valence-electron chi connectivity index (χ3n) is 6.45. The second-order valence-electron chi connectivity index (χ2n) is 7.65. The minimum atomic E-state index is 0.405. The number of rotatable bonds is 3. The highest BCUT2D eigenvalue weighted by Gasteiger charge is 2.43. The molecule has 5 heteroatoms. The van der Waals surface area contributed by atoms with Crippen molar-refractivity contribution in [3.63, 3.8) is 0 Å². The van der Waals surface area contributed by atoms with E-state index >= 15 is 0 Å². The van der Waals surface area contributed by atoms with Crippen LogP contribution in [0.3, 0.4) is 0 Å². The fourth-order valence-electron chi connectivity index (χ4n) is 4.96. The fraction of sp³-hybridized carbons (Fsp3) is 0.889. The van der Waals surface area contributed by atoms with E-state index in [0.717, 1.165) is 39.3 Å². The third kappa shape index (κ3) is 3.47. The van der Waals surface area contributed by atoms with E-state index in [-0.39, 0.29) is 0 Å². The molecule has 3 rings (SSSR count). The maximum Gasteiger partial charge on any atom is 0.179 e. The molecule has 1 saturated carbocycles. The number of hydrogen-bond acceptors (Lipinski definition) is 5. The Morgan fingerprint density at radius 3 is 2.48 bits per heavy atom. The Balaban J connectivity index is 1.58. The van der Waals surface area contributed by atoms with E-state index in [0.29, 0.717) is 23.9 Å². The lowest BCUT2D eigenvalue weighted by molar-refractivity contribution is 0.0129. The zero-order valence-corrected chi connectivity index (χ0v) is 14.4. The molecule has 0 bridgehead atoms. The van der Waals surface area contributed by atoms with Crippen molar-refractivity contribution in [1.29, 1.82) is 10.5 Å². The standard InChI is InChI=1S/C18H29N5/c1-2-21-11-12-23(17(13-21)5-9-19)16-3-6-18(7-4-16)8-10-22(14-18)15-20/h16-17H,2-8,10-14H2,1H3. The first kappa shape index (κ1) is 16.6. The van der Waals surface area contributed by atoms with E-state index in [2.05, 4.69) is 29.0 Å². The molecule has 23 heavy (non-hydrogen) atoms. The van der Waals surface area contributed by atoms with Gasteiger partial charge in [-0.2, -0.15) is 10.5 Å². The number of nitrogens with zero attached hydrogens (tertiary/aromatic N) is 5. The van der Waals surface area contributed by atoms with Crippen molar-refractivity contribution < 1.29 is 0 Å². The van der Waals surface area contributed by atoms with Crippen LogP contribution in [0.5, 0.6) is 0 Å². The molecule has 0 amide bonds. The predicted octanol–water partition coefficient (Wildman–Crippen LogP) is 2.02. The van der Waals surface area contributed by atoms with Gasteiger partial charge in [-0.15, -0.1) is 0 Å². The second kappa shape index (κ2) is 7.07. The van der Waals surface area contributed by atoms with Crippen LogP contribution in [0.1, 0.15) is 45.4 Å². The van der Waals surface area contributed by atoms with Crippen molar-refractivity contribution in [3.05, 3.63) is 0 Å². The van der Waals surface area contributed by atoms with Gasteiger partial charge in [-0.1, -0.05) is 6.92 Å². The Morgan fingerprint density at radius 2 is 1.87 bits per heavy atom. The molecule has 126 valence electrons. The van der Waals surface area contributed by atoms with Crippen LogP contribution in [0, 0.1) is 28.2 Å². The number of piperazine rings is 1. The second-order valence-corrected chi connectivity index (χ2v) is 7.65. The molecule has 3 aliphatic rings. The lowest BCUT2D eigenvalue weighted by Gasteiger charge is -2.48. The van der Waals surface area contributed by atoms with Crippen LogP contribution in [0.25, 0.3) is 0 Å². The maximum absolute atomic E-state index is 9.19. The molecule has 0 radical (unpaired) electrons. The quantitative estimate of drug-likeness (QED) is 0.746. The minimum absolute atomic E-state index is 0.405. The summed E-state index contributed by atoms with van der Waals surface area (Å²) < 4.78 is 0. The molecular weight excluding hydrogens is 286 g/mol. The molecular formula is C18H29N5. The third-order valence-corrected chi connectivity index (χ3v) is 6.45. The molecule has 0 aromatic carbocycles. The lowest BCUT2D eigenvalue weighted by Crippen LogP contribution is -2.57. The molecule has 2 aliphatic heterocycles. The molecule has 5 nitrogen and oxygen atoms in total. The first-order chi connectivity index (χ1) is 11.2. The Morgan fingerprint density at radius 1 is 1.09 bits per heavy atom. The summed E-state index contributed by atoms with van der Waals surface area (Å²) in [5.41, 5.74) is 0.405. The highest BCUT2D eigenvalue weighted by Crippen LogP contribution is 2.45. The summed E-state index contributed by atoms with van der Waals surface area (Å²) in [6.45, 7) is 8.53. The summed E-state index contributed by atoms with van der Waals surface area (Å²) in [7, 11) is 0. The summed E-state index contributed by atoms with van der Waals surface area (Å²) in [5, 5.41) is 18.3. The fourth-order valence-corrected chi connectivity index (χ4v) is 4.96. The molecule has 1 spiro atoms. The van der Waals surface area contributed by atoms with Gasteiger partial charge in [0.2, 0.25) is 0 Å². The van der Waals surface area contributed by atoms with Gasteiger partial charge in [-0.25, -0.2) is 0 Å². The zero-order chi connectivity index (χ0) is 16.3. The Labute approximate surface area is 140 Å². The van der Waals surface area contributed by atoms with Crippen LogP contribution < -0.4 is 0 Å². The van der Waals surface area contributed by atoms with E-state index in [1.165, 1.54) is 32.1 Å². The van der Waals surface area contributed by atoms with E-state index in [1.807, 2.05) is 4.90 Å². The van der Waals surface area contributed by atoms with Crippen LogP contribution in [0.4, 0.5) is 0 Å². The van der Waals surface area contributed by atoms with Crippen LogP contribution in [-0.2, 0) is 0 Å². The van der Waals surface area contributed by atoms with Crippen molar-refractivity contribution in [2.75, 3.05) is 39.3 Å².